The van der Waals surface area contributed by atoms with Gasteiger partial charge in [0.15, 0.2) is 0 Å². The van der Waals surface area contributed by atoms with Gasteiger partial charge in [0.1, 0.15) is 0 Å². The van der Waals surface area contributed by atoms with E-state index in [2.05, 4.69) is 51.8 Å². The Morgan fingerprint density at radius 1 is 1.33 bits per heavy atom. The highest BCUT2D eigenvalue weighted by Gasteiger charge is 2.34. The fraction of sp³-hybridized carbons (Fsp3) is 1.00. The molecule has 18 heavy (non-hydrogen) atoms. The molecule has 0 aliphatic carbocycles. The van der Waals surface area contributed by atoms with Crippen molar-refractivity contribution in [1.29, 1.82) is 0 Å². The average molecular weight is 256 g/mol. The minimum Gasteiger partial charge on any atom is -0.377 e. The summed E-state index contributed by atoms with van der Waals surface area (Å²) in [4.78, 5) is 2.62. The molecule has 1 aliphatic heterocycles. The Morgan fingerprint density at radius 3 is 2.56 bits per heavy atom. The lowest BCUT2D eigenvalue weighted by molar-refractivity contribution is 0.0133. The number of nitrogens with zero attached hydrogens (tertiary/aromatic N) is 1. The maximum Gasteiger partial charge on any atom is 0.0597 e. The molecule has 0 aromatic heterocycles. The minimum atomic E-state index is 0.224. The number of hydrogen-bond donors (Lipinski definition) is 1. The summed E-state index contributed by atoms with van der Waals surface area (Å²) < 4.78 is 5.71. The van der Waals surface area contributed by atoms with Crippen LogP contribution in [0.2, 0.25) is 0 Å². The zero-order chi connectivity index (χ0) is 13.8. The molecule has 2 unspecified atom stereocenters. The third-order valence-electron chi connectivity index (χ3n) is 3.99. The molecule has 0 saturated carbocycles. The fourth-order valence-electron chi connectivity index (χ4n) is 2.67. The summed E-state index contributed by atoms with van der Waals surface area (Å²) in [6.07, 6.45) is 1.58. The van der Waals surface area contributed by atoms with Crippen molar-refractivity contribution in [1.82, 2.24) is 10.2 Å². The lowest BCUT2D eigenvalue weighted by Crippen LogP contribution is -2.63. The zero-order valence-corrected chi connectivity index (χ0v) is 13.1. The van der Waals surface area contributed by atoms with Crippen molar-refractivity contribution in [3.63, 3.8) is 0 Å². The van der Waals surface area contributed by atoms with E-state index in [1.54, 1.807) is 0 Å². The highest BCUT2D eigenvalue weighted by atomic mass is 16.5. The first-order valence-electron chi connectivity index (χ1n) is 7.46. The molecule has 1 saturated heterocycles. The molecule has 2 atom stereocenters. The van der Waals surface area contributed by atoms with Crippen molar-refractivity contribution in [2.45, 2.75) is 65.6 Å². The monoisotopic (exact) mass is 256 g/mol. The summed E-state index contributed by atoms with van der Waals surface area (Å²) >= 11 is 0. The summed E-state index contributed by atoms with van der Waals surface area (Å²) in [5.41, 5.74) is 0.224. The fourth-order valence-corrected chi connectivity index (χ4v) is 2.67. The standard InChI is InChI=1S/C15H32N2O/c1-7-13(4)14-10-16-15(5,6)11-17(14)8-9-18-12(2)3/h12-14,16H,7-11H2,1-6H3. The van der Waals surface area contributed by atoms with Crippen molar-refractivity contribution in [3.05, 3.63) is 0 Å². The van der Waals surface area contributed by atoms with Gasteiger partial charge in [-0.05, 0) is 33.6 Å². The van der Waals surface area contributed by atoms with Crippen LogP contribution in [0.4, 0.5) is 0 Å². The maximum atomic E-state index is 5.71. The van der Waals surface area contributed by atoms with Crippen LogP contribution in [0.3, 0.4) is 0 Å². The molecular formula is C15H32N2O. The van der Waals surface area contributed by atoms with Crippen LogP contribution in [0.25, 0.3) is 0 Å². The largest absolute Gasteiger partial charge is 0.377 e. The highest BCUT2D eigenvalue weighted by Crippen LogP contribution is 2.21. The molecule has 0 amide bonds. The predicted octanol–water partition coefficient (Wildman–Crippen LogP) is 2.51. The predicted molar refractivity (Wildman–Crippen MR) is 78.0 cm³/mol. The molecule has 3 heteroatoms. The van der Waals surface area contributed by atoms with Crippen LogP contribution in [0.5, 0.6) is 0 Å². The molecular weight excluding hydrogens is 224 g/mol. The quantitative estimate of drug-likeness (QED) is 0.790. The number of piperazine rings is 1. The van der Waals surface area contributed by atoms with Crippen molar-refractivity contribution < 1.29 is 4.74 Å². The summed E-state index contributed by atoms with van der Waals surface area (Å²) in [6.45, 7) is 17.5. The molecule has 1 heterocycles. The SMILES string of the molecule is CCC(C)C1CNC(C)(C)CN1CCOC(C)C. The van der Waals surface area contributed by atoms with E-state index in [0.29, 0.717) is 12.1 Å². The Morgan fingerprint density at radius 2 is 2.00 bits per heavy atom. The molecule has 0 radical (unpaired) electrons. The first-order valence-corrected chi connectivity index (χ1v) is 7.46. The number of hydrogen-bond acceptors (Lipinski definition) is 3. The molecule has 108 valence electrons. The van der Waals surface area contributed by atoms with Crippen molar-refractivity contribution in [2.75, 3.05) is 26.2 Å². The number of rotatable bonds is 6. The van der Waals surface area contributed by atoms with Crippen molar-refractivity contribution in [2.24, 2.45) is 5.92 Å². The van der Waals surface area contributed by atoms with Gasteiger partial charge in [0.25, 0.3) is 0 Å². The Labute approximate surface area is 113 Å². The smallest absolute Gasteiger partial charge is 0.0597 e. The van der Waals surface area contributed by atoms with E-state index in [1.165, 1.54) is 6.42 Å². The molecule has 3 nitrogen and oxygen atoms in total. The first-order chi connectivity index (χ1) is 8.35. The molecule has 1 N–H and O–H groups in total. The lowest BCUT2D eigenvalue weighted by Gasteiger charge is -2.46. The number of ether oxygens (including phenoxy) is 1. The van der Waals surface area contributed by atoms with Crippen LogP contribution in [-0.2, 0) is 4.74 Å². The van der Waals surface area contributed by atoms with E-state index < -0.39 is 0 Å². The van der Waals surface area contributed by atoms with E-state index >= 15 is 0 Å². The van der Waals surface area contributed by atoms with Crippen LogP contribution < -0.4 is 5.32 Å². The first kappa shape index (κ1) is 15.9. The minimum absolute atomic E-state index is 0.224. The van der Waals surface area contributed by atoms with Gasteiger partial charge >= 0.3 is 0 Å². The summed E-state index contributed by atoms with van der Waals surface area (Å²) in [5.74, 6) is 0.743. The van der Waals surface area contributed by atoms with Gasteiger partial charge in [0, 0.05) is 31.2 Å². The highest BCUT2D eigenvalue weighted by molar-refractivity contribution is 4.93. The molecule has 0 aromatic rings. The van der Waals surface area contributed by atoms with Gasteiger partial charge in [0.2, 0.25) is 0 Å². The second-order valence-corrected chi connectivity index (χ2v) is 6.61. The third-order valence-corrected chi connectivity index (χ3v) is 3.99. The van der Waals surface area contributed by atoms with E-state index in [1.807, 2.05) is 0 Å². The average Bonchev–Trinajstić information content (AvgIpc) is 2.27. The summed E-state index contributed by atoms with van der Waals surface area (Å²) in [7, 11) is 0. The molecule has 1 aliphatic rings. The van der Waals surface area contributed by atoms with Gasteiger partial charge in [-0.15, -0.1) is 0 Å². The van der Waals surface area contributed by atoms with Gasteiger partial charge in [-0.3, -0.25) is 4.90 Å². The van der Waals surface area contributed by atoms with Crippen LogP contribution in [-0.4, -0.2) is 48.8 Å². The third kappa shape index (κ3) is 4.87. The topological polar surface area (TPSA) is 24.5 Å². The van der Waals surface area contributed by atoms with E-state index in [0.717, 1.165) is 32.2 Å². The van der Waals surface area contributed by atoms with Gasteiger partial charge in [0.05, 0.1) is 12.7 Å². The molecule has 0 bridgehead atoms. The summed E-state index contributed by atoms with van der Waals surface area (Å²) in [6, 6.07) is 0.652. The van der Waals surface area contributed by atoms with Gasteiger partial charge in [-0.25, -0.2) is 0 Å². The second kappa shape index (κ2) is 6.88. The van der Waals surface area contributed by atoms with Crippen molar-refractivity contribution >= 4 is 0 Å². The molecule has 0 spiro atoms. The van der Waals surface area contributed by atoms with E-state index in [9.17, 15) is 0 Å². The zero-order valence-electron chi connectivity index (χ0n) is 13.1. The van der Waals surface area contributed by atoms with Gasteiger partial charge < -0.3 is 10.1 Å². The van der Waals surface area contributed by atoms with Gasteiger partial charge in [-0.1, -0.05) is 20.3 Å². The molecule has 0 aromatic carbocycles. The van der Waals surface area contributed by atoms with Crippen LogP contribution in [0.15, 0.2) is 0 Å². The van der Waals surface area contributed by atoms with Crippen LogP contribution in [0, 0.1) is 5.92 Å². The normalized spacial score (nSPS) is 26.5. The van der Waals surface area contributed by atoms with Crippen molar-refractivity contribution in [3.8, 4) is 0 Å². The second-order valence-electron chi connectivity index (χ2n) is 6.61. The number of nitrogens with one attached hydrogen (secondary N) is 1. The van der Waals surface area contributed by atoms with Crippen LogP contribution in [0.1, 0.15) is 48.0 Å². The van der Waals surface area contributed by atoms with Crippen LogP contribution >= 0.6 is 0 Å². The Kier molecular flexibility index (Phi) is 6.09. The summed E-state index contributed by atoms with van der Waals surface area (Å²) in [5, 5.41) is 3.67. The van der Waals surface area contributed by atoms with E-state index in [4.69, 9.17) is 4.74 Å². The molecule has 1 fully saturated rings. The Bertz CT molecular complexity index is 241. The van der Waals surface area contributed by atoms with Gasteiger partial charge in [-0.2, -0.15) is 0 Å². The van der Waals surface area contributed by atoms with E-state index in [-0.39, 0.29) is 5.54 Å². The Balaban J connectivity index is 2.54. The Hall–Kier alpha value is -0.120. The lowest BCUT2D eigenvalue weighted by atomic mass is 9.91. The maximum absolute atomic E-state index is 5.71. The molecule has 1 rings (SSSR count).